The summed E-state index contributed by atoms with van der Waals surface area (Å²) in [5, 5.41) is 3.13. The van der Waals surface area contributed by atoms with Crippen molar-refractivity contribution in [2.24, 2.45) is 0 Å². The number of aromatic nitrogens is 1. The van der Waals surface area contributed by atoms with Crippen molar-refractivity contribution in [3.63, 3.8) is 0 Å². The Morgan fingerprint density at radius 2 is 1.75 bits per heavy atom. The number of nitrogens with one attached hydrogen (secondary N) is 1. The fourth-order valence-electron chi connectivity index (χ4n) is 2.39. The van der Waals surface area contributed by atoms with Gasteiger partial charge in [0, 0.05) is 24.5 Å². The molecule has 2 rings (SSSR count). The van der Waals surface area contributed by atoms with Crippen LogP contribution in [-0.4, -0.2) is 42.0 Å². The van der Waals surface area contributed by atoms with Crippen molar-refractivity contribution < 1.29 is 4.79 Å². The highest BCUT2D eigenvalue weighted by Crippen LogP contribution is 2.21. The SMILES string of the molecule is CN(C)C(C)(C)CNC(=O)C(Cc1ccncc1)c1ccccc1. The third kappa shape index (κ3) is 4.90. The first-order valence-electron chi connectivity index (χ1n) is 8.29. The number of rotatable bonds is 7. The van der Waals surface area contributed by atoms with E-state index in [0.717, 1.165) is 11.1 Å². The molecule has 1 heterocycles. The number of carbonyl (C=O) groups is 1. The van der Waals surface area contributed by atoms with E-state index in [-0.39, 0.29) is 17.4 Å². The van der Waals surface area contributed by atoms with Crippen LogP contribution < -0.4 is 5.32 Å². The molecule has 128 valence electrons. The molecule has 1 aromatic heterocycles. The Morgan fingerprint density at radius 1 is 1.12 bits per heavy atom. The molecule has 1 unspecified atom stereocenters. The van der Waals surface area contributed by atoms with E-state index in [1.54, 1.807) is 12.4 Å². The summed E-state index contributed by atoms with van der Waals surface area (Å²) in [5.41, 5.74) is 2.06. The van der Waals surface area contributed by atoms with E-state index in [1.807, 2.05) is 56.6 Å². The van der Waals surface area contributed by atoms with Crippen LogP contribution in [0.15, 0.2) is 54.9 Å². The van der Waals surface area contributed by atoms with Crippen molar-refractivity contribution in [1.29, 1.82) is 0 Å². The molecule has 0 aliphatic heterocycles. The van der Waals surface area contributed by atoms with Gasteiger partial charge in [-0.25, -0.2) is 0 Å². The lowest BCUT2D eigenvalue weighted by Gasteiger charge is -2.33. The van der Waals surface area contributed by atoms with E-state index in [9.17, 15) is 4.79 Å². The maximum absolute atomic E-state index is 12.9. The maximum Gasteiger partial charge on any atom is 0.227 e. The van der Waals surface area contributed by atoms with Crippen molar-refractivity contribution in [3.8, 4) is 0 Å². The van der Waals surface area contributed by atoms with Crippen LogP contribution in [0, 0.1) is 0 Å². The molecule has 4 nitrogen and oxygen atoms in total. The van der Waals surface area contributed by atoms with Crippen LogP contribution >= 0.6 is 0 Å². The van der Waals surface area contributed by atoms with Gasteiger partial charge in [0.25, 0.3) is 0 Å². The first-order chi connectivity index (χ1) is 11.4. The van der Waals surface area contributed by atoms with E-state index in [0.29, 0.717) is 13.0 Å². The minimum Gasteiger partial charge on any atom is -0.354 e. The minimum absolute atomic E-state index is 0.0629. The summed E-state index contributed by atoms with van der Waals surface area (Å²) < 4.78 is 0. The molecule has 1 amide bonds. The van der Waals surface area contributed by atoms with Crippen LogP contribution in [0.5, 0.6) is 0 Å². The van der Waals surface area contributed by atoms with Crippen LogP contribution in [-0.2, 0) is 11.2 Å². The van der Waals surface area contributed by atoms with Gasteiger partial charge >= 0.3 is 0 Å². The number of nitrogens with zero attached hydrogens (tertiary/aromatic N) is 2. The summed E-state index contributed by atoms with van der Waals surface area (Å²) >= 11 is 0. The number of hydrogen-bond donors (Lipinski definition) is 1. The maximum atomic E-state index is 12.9. The Balaban J connectivity index is 2.15. The van der Waals surface area contributed by atoms with Gasteiger partial charge in [-0.3, -0.25) is 9.78 Å². The largest absolute Gasteiger partial charge is 0.354 e. The molecule has 0 spiro atoms. The van der Waals surface area contributed by atoms with Crippen molar-refractivity contribution >= 4 is 5.91 Å². The Kier molecular flexibility index (Phi) is 6.10. The van der Waals surface area contributed by atoms with Gasteiger partial charge in [-0.2, -0.15) is 0 Å². The quantitative estimate of drug-likeness (QED) is 0.851. The van der Waals surface area contributed by atoms with Gasteiger partial charge in [0.05, 0.1) is 5.92 Å². The van der Waals surface area contributed by atoms with Crippen LogP contribution in [0.2, 0.25) is 0 Å². The fraction of sp³-hybridized carbons (Fsp3) is 0.400. The van der Waals surface area contributed by atoms with Gasteiger partial charge in [0.2, 0.25) is 5.91 Å². The molecule has 0 aliphatic carbocycles. The Labute approximate surface area is 144 Å². The molecule has 1 atom stereocenters. The summed E-state index contributed by atoms with van der Waals surface area (Å²) in [6.45, 7) is 4.85. The molecule has 0 bridgehead atoms. The lowest BCUT2D eigenvalue weighted by atomic mass is 9.91. The van der Waals surface area contributed by atoms with E-state index in [4.69, 9.17) is 0 Å². The lowest BCUT2D eigenvalue weighted by Crippen LogP contribution is -2.49. The average Bonchev–Trinajstić information content (AvgIpc) is 2.59. The van der Waals surface area contributed by atoms with Gasteiger partial charge in [-0.05, 0) is 57.6 Å². The summed E-state index contributed by atoms with van der Waals surface area (Å²) in [5.74, 6) is -0.139. The van der Waals surface area contributed by atoms with Crippen molar-refractivity contribution in [3.05, 3.63) is 66.0 Å². The molecular weight excluding hydrogens is 298 g/mol. The smallest absolute Gasteiger partial charge is 0.227 e. The molecule has 4 heteroatoms. The lowest BCUT2D eigenvalue weighted by molar-refractivity contribution is -0.123. The number of pyridine rings is 1. The van der Waals surface area contributed by atoms with E-state index < -0.39 is 0 Å². The summed E-state index contributed by atoms with van der Waals surface area (Å²) in [6, 6.07) is 13.9. The molecule has 0 radical (unpaired) electrons. The normalized spacial score (nSPS) is 12.9. The number of carbonyl (C=O) groups excluding carboxylic acids is 1. The van der Waals surface area contributed by atoms with Crippen molar-refractivity contribution in [1.82, 2.24) is 15.2 Å². The molecule has 0 fully saturated rings. The molecule has 0 saturated carbocycles. The number of benzene rings is 1. The zero-order valence-electron chi connectivity index (χ0n) is 15.0. The second-order valence-electron chi connectivity index (χ2n) is 6.95. The predicted octanol–water partition coefficient (Wildman–Crippen LogP) is 2.86. The zero-order valence-corrected chi connectivity index (χ0v) is 15.0. The number of amides is 1. The average molecular weight is 325 g/mol. The van der Waals surface area contributed by atoms with Crippen molar-refractivity contribution in [2.75, 3.05) is 20.6 Å². The third-order valence-corrected chi connectivity index (χ3v) is 4.61. The second kappa shape index (κ2) is 8.06. The van der Waals surface area contributed by atoms with Gasteiger partial charge in [0.1, 0.15) is 0 Å². The summed E-state index contributed by atoms with van der Waals surface area (Å²) in [7, 11) is 4.05. The molecule has 1 aromatic carbocycles. The highest BCUT2D eigenvalue weighted by atomic mass is 16.1. The Morgan fingerprint density at radius 3 is 2.33 bits per heavy atom. The monoisotopic (exact) mass is 325 g/mol. The highest BCUT2D eigenvalue weighted by molar-refractivity contribution is 5.84. The topological polar surface area (TPSA) is 45.2 Å². The van der Waals surface area contributed by atoms with Gasteiger partial charge in [0.15, 0.2) is 0 Å². The van der Waals surface area contributed by atoms with Crippen LogP contribution in [0.4, 0.5) is 0 Å². The fourth-order valence-corrected chi connectivity index (χ4v) is 2.39. The van der Waals surface area contributed by atoms with Gasteiger partial charge < -0.3 is 10.2 Å². The van der Waals surface area contributed by atoms with Crippen LogP contribution in [0.3, 0.4) is 0 Å². The highest BCUT2D eigenvalue weighted by Gasteiger charge is 2.25. The van der Waals surface area contributed by atoms with Crippen molar-refractivity contribution in [2.45, 2.75) is 31.7 Å². The van der Waals surface area contributed by atoms with E-state index in [2.05, 4.69) is 29.0 Å². The molecule has 24 heavy (non-hydrogen) atoms. The number of likely N-dealkylation sites (N-methyl/N-ethyl adjacent to an activating group) is 1. The zero-order chi connectivity index (χ0) is 17.6. The molecule has 0 aliphatic rings. The number of hydrogen-bond acceptors (Lipinski definition) is 3. The van der Waals surface area contributed by atoms with Gasteiger partial charge in [-0.15, -0.1) is 0 Å². The second-order valence-corrected chi connectivity index (χ2v) is 6.95. The first-order valence-corrected chi connectivity index (χ1v) is 8.29. The van der Waals surface area contributed by atoms with E-state index >= 15 is 0 Å². The predicted molar refractivity (Wildman–Crippen MR) is 97.9 cm³/mol. The van der Waals surface area contributed by atoms with Crippen LogP contribution in [0.1, 0.15) is 30.9 Å². The summed E-state index contributed by atoms with van der Waals surface area (Å²) in [6.07, 6.45) is 4.20. The molecular formula is C20H27N3O. The summed E-state index contributed by atoms with van der Waals surface area (Å²) in [4.78, 5) is 19.0. The molecule has 2 aromatic rings. The third-order valence-electron chi connectivity index (χ3n) is 4.61. The van der Waals surface area contributed by atoms with Crippen LogP contribution in [0.25, 0.3) is 0 Å². The molecule has 0 saturated heterocycles. The van der Waals surface area contributed by atoms with E-state index in [1.165, 1.54) is 0 Å². The first kappa shape index (κ1) is 18.1. The Bertz CT molecular complexity index is 638. The minimum atomic E-state index is -0.202. The molecule has 1 N–H and O–H groups in total. The van der Waals surface area contributed by atoms with Gasteiger partial charge in [-0.1, -0.05) is 30.3 Å². The Hall–Kier alpha value is -2.20. The standard InChI is InChI=1S/C20H27N3O/c1-20(2,23(3)4)15-22-19(24)18(17-8-6-5-7-9-17)14-16-10-12-21-13-11-16/h5-13,18H,14-15H2,1-4H3,(H,22,24).